The number of ether oxygens (including phenoxy) is 1. The van der Waals surface area contributed by atoms with E-state index in [4.69, 9.17) is 27.9 Å². The second kappa shape index (κ2) is 5.87. The zero-order chi connectivity index (χ0) is 15.7. The first-order valence-corrected chi connectivity index (χ1v) is 7.12. The van der Waals surface area contributed by atoms with Gasteiger partial charge in [0.15, 0.2) is 5.75 Å². The van der Waals surface area contributed by atoms with Crippen molar-refractivity contribution in [1.29, 1.82) is 0 Å². The second-order valence-electron chi connectivity index (χ2n) is 4.50. The highest BCUT2D eigenvalue weighted by molar-refractivity contribution is 6.37. The van der Waals surface area contributed by atoms with E-state index in [-0.39, 0.29) is 16.3 Å². The molecule has 0 radical (unpaired) electrons. The fourth-order valence-electron chi connectivity index (χ4n) is 2.13. The number of nitrogens with one attached hydrogen (secondary N) is 1. The summed E-state index contributed by atoms with van der Waals surface area (Å²) in [6.45, 7) is 0. The zero-order valence-corrected chi connectivity index (χ0v) is 13.0. The van der Waals surface area contributed by atoms with Crippen LogP contribution in [0, 0.1) is 0 Å². The van der Waals surface area contributed by atoms with Crippen molar-refractivity contribution in [2.75, 3.05) is 12.4 Å². The third-order valence-corrected chi connectivity index (χ3v) is 3.75. The van der Waals surface area contributed by atoms with Crippen LogP contribution >= 0.6 is 23.2 Å². The monoisotopic (exact) mass is 335 g/mol. The highest BCUT2D eigenvalue weighted by Gasteiger charge is 2.19. The molecule has 22 heavy (non-hydrogen) atoms. The standard InChI is InChI=1S/C15H11Cl2N3O2/c1-22-14-11(17)4-3-10(16)13(14)15(21)19-9-2-5-12-18-6-7-20(12)8-9/h2-8H,1H3,(H,19,21). The number of hydrogen-bond acceptors (Lipinski definition) is 3. The first-order valence-electron chi connectivity index (χ1n) is 6.36. The van der Waals surface area contributed by atoms with Crippen molar-refractivity contribution in [3.63, 3.8) is 0 Å². The van der Waals surface area contributed by atoms with E-state index in [2.05, 4.69) is 10.3 Å². The summed E-state index contributed by atoms with van der Waals surface area (Å²) in [6, 6.07) is 6.69. The molecule has 0 bridgehead atoms. The molecule has 7 heteroatoms. The van der Waals surface area contributed by atoms with Crippen LogP contribution in [-0.4, -0.2) is 22.4 Å². The molecule has 112 valence electrons. The van der Waals surface area contributed by atoms with Crippen LogP contribution in [0.15, 0.2) is 42.9 Å². The Bertz CT molecular complexity index is 861. The van der Waals surface area contributed by atoms with Crippen LogP contribution in [0.4, 0.5) is 5.69 Å². The van der Waals surface area contributed by atoms with Crippen molar-refractivity contribution < 1.29 is 9.53 Å². The fourth-order valence-corrected chi connectivity index (χ4v) is 2.60. The topological polar surface area (TPSA) is 55.6 Å². The minimum Gasteiger partial charge on any atom is -0.494 e. The molecule has 0 saturated heterocycles. The Morgan fingerprint density at radius 2 is 2.00 bits per heavy atom. The smallest absolute Gasteiger partial charge is 0.261 e. The lowest BCUT2D eigenvalue weighted by Crippen LogP contribution is -2.14. The van der Waals surface area contributed by atoms with Crippen molar-refractivity contribution in [2.45, 2.75) is 0 Å². The quantitative estimate of drug-likeness (QED) is 0.789. The van der Waals surface area contributed by atoms with Gasteiger partial charge >= 0.3 is 0 Å². The zero-order valence-electron chi connectivity index (χ0n) is 11.5. The molecule has 0 atom stereocenters. The maximum absolute atomic E-state index is 12.5. The molecule has 3 rings (SSSR count). The summed E-state index contributed by atoms with van der Waals surface area (Å²) in [5.74, 6) is -0.154. The van der Waals surface area contributed by atoms with Gasteiger partial charge in [-0.05, 0) is 24.3 Å². The van der Waals surface area contributed by atoms with Crippen LogP contribution in [0.2, 0.25) is 10.0 Å². The number of hydrogen-bond donors (Lipinski definition) is 1. The summed E-state index contributed by atoms with van der Waals surface area (Å²) in [7, 11) is 1.44. The summed E-state index contributed by atoms with van der Waals surface area (Å²) < 4.78 is 6.98. The molecule has 0 spiro atoms. The van der Waals surface area contributed by atoms with Crippen molar-refractivity contribution in [3.05, 3.63) is 58.5 Å². The molecule has 0 fully saturated rings. The molecule has 2 heterocycles. The Hall–Kier alpha value is -2.24. The van der Waals surface area contributed by atoms with Crippen molar-refractivity contribution in [1.82, 2.24) is 9.38 Å². The number of anilines is 1. The van der Waals surface area contributed by atoms with Crippen molar-refractivity contribution in [2.24, 2.45) is 0 Å². The van der Waals surface area contributed by atoms with E-state index in [1.54, 1.807) is 47.3 Å². The summed E-state index contributed by atoms with van der Waals surface area (Å²) in [5, 5.41) is 3.36. The number of methoxy groups -OCH3 is 1. The van der Waals surface area contributed by atoms with Gasteiger partial charge in [-0.1, -0.05) is 23.2 Å². The molecule has 0 saturated carbocycles. The van der Waals surface area contributed by atoms with Gasteiger partial charge in [-0.3, -0.25) is 4.79 Å². The number of aromatic nitrogens is 2. The van der Waals surface area contributed by atoms with E-state index in [9.17, 15) is 4.79 Å². The summed E-state index contributed by atoms with van der Waals surface area (Å²) in [4.78, 5) is 16.6. The second-order valence-corrected chi connectivity index (χ2v) is 5.32. The lowest BCUT2D eigenvalue weighted by Gasteiger charge is -2.12. The minimum absolute atomic E-state index is 0.197. The van der Waals surface area contributed by atoms with E-state index in [1.165, 1.54) is 7.11 Å². The van der Waals surface area contributed by atoms with Crippen LogP contribution in [0.1, 0.15) is 10.4 Å². The molecule has 2 aromatic heterocycles. The van der Waals surface area contributed by atoms with Gasteiger partial charge in [0.05, 0.1) is 22.8 Å². The summed E-state index contributed by atoms with van der Waals surface area (Å²) >= 11 is 12.1. The number of nitrogens with zero attached hydrogens (tertiary/aromatic N) is 2. The van der Waals surface area contributed by atoms with Gasteiger partial charge in [0, 0.05) is 18.6 Å². The van der Waals surface area contributed by atoms with Crippen LogP contribution in [0.5, 0.6) is 5.75 Å². The number of pyridine rings is 1. The van der Waals surface area contributed by atoms with Gasteiger partial charge < -0.3 is 14.5 Å². The first-order chi connectivity index (χ1) is 10.6. The normalized spacial score (nSPS) is 10.7. The lowest BCUT2D eigenvalue weighted by atomic mass is 10.1. The van der Waals surface area contributed by atoms with E-state index < -0.39 is 5.91 Å². The maximum Gasteiger partial charge on any atom is 0.261 e. The maximum atomic E-state index is 12.5. The average Bonchev–Trinajstić information content (AvgIpc) is 2.96. The van der Waals surface area contributed by atoms with Gasteiger partial charge in [0.2, 0.25) is 0 Å². The molecule has 0 unspecified atom stereocenters. The molecular weight excluding hydrogens is 325 g/mol. The number of carbonyl (C=O) groups is 1. The van der Waals surface area contributed by atoms with E-state index in [0.29, 0.717) is 10.7 Å². The molecule has 1 aromatic carbocycles. The van der Waals surface area contributed by atoms with Crippen LogP contribution in [0.25, 0.3) is 5.65 Å². The van der Waals surface area contributed by atoms with Crippen molar-refractivity contribution in [3.8, 4) is 5.75 Å². The Balaban J connectivity index is 1.96. The van der Waals surface area contributed by atoms with Crippen LogP contribution in [-0.2, 0) is 0 Å². The van der Waals surface area contributed by atoms with Crippen LogP contribution < -0.4 is 10.1 Å². The Morgan fingerprint density at radius 1 is 1.23 bits per heavy atom. The molecule has 0 aliphatic carbocycles. The highest BCUT2D eigenvalue weighted by atomic mass is 35.5. The Labute approximate surface area is 136 Å². The Kier molecular flexibility index (Phi) is 3.92. The minimum atomic E-state index is -0.399. The predicted molar refractivity (Wildman–Crippen MR) is 86.2 cm³/mol. The molecule has 5 nitrogen and oxygen atoms in total. The fraction of sp³-hybridized carbons (Fsp3) is 0.0667. The summed E-state index contributed by atoms with van der Waals surface area (Å²) in [6.07, 6.45) is 5.22. The van der Waals surface area contributed by atoms with Gasteiger partial charge in [0.25, 0.3) is 5.91 Å². The number of rotatable bonds is 3. The first kappa shape index (κ1) is 14.7. The number of amides is 1. The van der Waals surface area contributed by atoms with E-state index in [0.717, 1.165) is 5.65 Å². The molecule has 1 amide bonds. The third-order valence-electron chi connectivity index (χ3n) is 3.14. The largest absolute Gasteiger partial charge is 0.494 e. The molecular formula is C15H11Cl2N3O2. The van der Waals surface area contributed by atoms with Gasteiger partial charge in [-0.25, -0.2) is 4.98 Å². The Morgan fingerprint density at radius 3 is 2.77 bits per heavy atom. The average molecular weight is 336 g/mol. The van der Waals surface area contributed by atoms with E-state index >= 15 is 0 Å². The number of carbonyl (C=O) groups excluding carboxylic acids is 1. The van der Waals surface area contributed by atoms with Gasteiger partial charge in [-0.15, -0.1) is 0 Å². The third kappa shape index (κ3) is 2.61. The molecule has 1 N–H and O–H groups in total. The number of halogens is 2. The number of fused-ring (bicyclic) bond motifs is 1. The van der Waals surface area contributed by atoms with Crippen LogP contribution in [0.3, 0.4) is 0 Å². The molecule has 0 aliphatic heterocycles. The van der Waals surface area contributed by atoms with E-state index in [1.807, 2.05) is 0 Å². The number of imidazole rings is 1. The lowest BCUT2D eigenvalue weighted by molar-refractivity contribution is 0.102. The molecule has 3 aromatic rings. The molecule has 0 aliphatic rings. The SMILES string of the molecule is COc1c(Cl)ccc(Cl)c1C(=O)Nc1ccc2nccn2c1. The number of benzene rings is 1. The van der Waals surface area contributed by atoms with Gasteiger partial charge in [-0.2, -0.15) is 0 Å². The highest BCUT2D eigenvalue weighted by Crippen LogP contribution is 2.34. The van der Waals surface area contributed by atoms with Gasteiger partial charge in [0.1, 0.15) is 11.2 Å². The summed E-state index contributed by atoms with van der Waals surface area (Å²) in [5.41, 5.74) is 1.59. The predicted octanol–water partition coefficient (Wildman–Crippen LogP) is 3.90. The van der Waals surface area contributed by atoms with Crippen molar-refractivity contribution >= 4 is 40.4 Å².